The van der Waals surface area contributed by atoms with Gasteiger partial charge in [0, 0.05) is 25.3 Å². The van der Waals surface area contributed by atoms with E-state index in [-0.39, 0.29) is 5.54 Å². The zero-order valence-corrected chi connectivity index (χ0v) is 14.3. The van der Waals surface area contributed by atoms with E-state index >= 15 is 0 Å². The van der Waals surface area contributed by atoms with Gasteiger partial charge in [-0.1, -0.05) is 34.6 Å². The monoisotopic (exact) mass is 272 g/mol. The van der Waals surface area contributed by atoms with Crippen LogP contribution in [0.15, 0.2) is 0 Å². The SMILES string of the molecule is CCN(CC)C(CC)(CC)C(NC)C(C)CCOC. The highest BCUT2D eigenvalue weighted by Gasteiger charge is 2.41. The van der Waals surface area contributed by atoms with Gasteiger partial charge in [-0.25, -0.2) is 0 Å². The minimum Gasteiger partial charge on any atom is -0.385 e. The van der Waals surface area contributed by atoms with Gasteiger partial charge in [0.1, 0.15) is 0 Å². The van der Waals surface area contributed by atoms with Crippen molar-refractivity contribution < 1.29 is 4.74 Å². The predicted molar refractivity (Wildman–Crippen MR) is 84.7 cm³/mol. The summed E-state index contributed by atoms with van der Waals surface area (Å²) in [5, 5.41) is 3.61. The lowest BCUT2D eigenvalue weighted by Gasteiger charge is -2.50. The molecule has 0 fully saturated rings. The van der Waals surface area contributed by atoms with E-state index in [9.17, 15) is 0 Å². The van der Waals surface area contributed by atoms with Gasteiger partial charge >= 0.3 is 0 Å². The van der Waals surface area contributed by atoms with Gasteiger partial charge < -0.3 is 10.1 Å². The molecule has 0 bridgehead atoms. The number of nitrogens with one attached hydrogen (secondary N) is 1. The molecular weight excluding hydrogens is 236 g/mol. The summed E-state index contributed by atoms with van der Waals surface area (Å²) in [4.78, 5) is 2.64. The molecule has 0 aliphatic heterocycles. The molecule has 0 aliphatic rings. The summed E-state index contributed by atoms with van der Waals surface area (Å²) in [5.41, 5.74) is 0.255. The van der Waals surface area contributed by atoms with Crippen LogP contribution in [0.2, 0.25) is 0 Å². The van der Waals surface area contributed by atoms with Crippen LogP contribution in [0.4, 0.5) is 0 Å². The van der Waals surface area contributed by atoms with Crippen molar-refractivity contribution in [3.8, 4) is 0 Å². The molecule has 0 aliphatic carbocycles. The largest absolute Gasteiger partial charge is 0.385 e. The lowest BCUT2D eigenvalue weighted by Crippen LogP contribution is -2.62. The molecule has 0 radical (unpaired) electrons. The van der Waals surface area contributed by atoms with Crippen LogP contribution in [-0.4, -0.2) is 50.3 Å². The Balaban J connectivity index is 5.17. The van der Waals surface area contributed by atoms with Crippen molar-refractivity contribution in [2.45, 2.75) is 65.5 Å². The number of likely N-dealkylation sites (N-methyl/N-ethyl adjacent to an activating group) is 2. The maximum Gasteiger partial charge on any atom is 0.0465 e. The molecule has 3 nitrogen and oxygen atoms in total. The molecule has 0 spiro atoms. The van der Waals surface area contributed by atoms with Crippen LogP contribution < -0.4 is 5.32 Å². The van der Waals surface area contributed by atoms with E-state index in [1.807, 2.05) is 0 Å². The number of rotatable bonds is 11. The van der Waals surface area contributed by atoms with Crippen LogP contribution in [0.25, 0.3) is 0 Å². The normalized spacial score (nSPS) is 15.8. The lowest BCUT2D eigenvalue weighted by atomic mass is 9.76. The highest BCUT2D eigenvalue weighted by molar-refractivity contribution is 5.00. The van der Waals surface area contributed by atoms with E-state index in [1.165, 1.54) is 12.8 Å². The highest BCUT2D eigenvalue weighted by Crippen LogP contribution is 2.32. The molecule has 0 saturated heterocycles. The van der Waals surface area contributed by atoms with Crippen molar-refractivity contribution in [2.24, 2.45) is 5.92 Å². The fraction of sp³-hybridized carbons (Fsp3) is 1.00. The van der Waals surface area contributed by atoms with Crippen LogP contribution >= 0.6 is 0 Å². The topological polar surface area (TPSA) is 24.5 Å². The quantitative estimate of drug-likeness (QED) is 0.625. The summed E-state index contributed by atoms with van der Waals surface area (Å²) >= 11 is 0. The molecule has 2 atom stereocenters. The van der Waals surface area contributed by atoms with Crippen molar-refractivity contribution in [1.82, 2.24) is 10.2 Å². The van der Waals surface area contributed by atoms with Gasteiger partial charge in [-0.15, -0.1) is 0 Å². The maximum atomic E-state index is 5.26. The van der Waals surface area contributed by atoms with Crippen molar-refractivity contribution in [3.05, 3.63) is 0 Å². The third kappa shape index (κ3) is 4.44. The van der Waals surface area contributed by atoms with Gasteiger partial charge in [-0.2, -0.15) is 0 Å². The van der Waals surface area contributed by atoms with E-state index in [0.29, 0.717) is 12.0 Å². The van der Waals surface area contributed by atoms with Gasteiger partial charge in [0.25, 0.3) is 0 Å². The Hall–Kier alpha value is -0.120. The molecule has 1 N–H and O–H groups in total. The van der Waals surface area contributed by atoms with E-state index in [0.717, 1.165) is 26.1 Å². The lowest BCUT2D eigenvalue weighted by molar-refractivity contribution is 0.0260. The molecule has 0 aromatic rings. The summed E-state index contributed by atoms with van der Waals surface area (Å²) in [6.07, 6.45) is 3.49. The number of hydrogen-bond acceptors (Lipinski definition) is 3. The van der Waals surface area contributed by atoms with Crippen LogP contribution in [0.5, 0.6) is 0 Å². The van der Waals surface area contributed by atoms with E-state index in [4.69, 9.17) is 4.74 Å². The molecule has 116 valence electrons. The molecule has 3 heteroatoms. The molecule has 0 aromatic carbocycles. The van der Waals surface area contributed by atoms with Crippen LogP contribution in [0, 0.1) is 5.92 Å². The standard InChI is InChI=1S/C16H36N2O/c1-8-16(9-2,18(10-3)11-4)15(17-6)14(5)12-13-19-7/h14-15,17H,8-13H2,1-7H3. The summed E-state index contributed by atoms with van der Waals surface area (Å²) < 4.78 is 5.26. The van der Waals surface area contributed by atoms with Crippen molar-refractivity contribution in [3.63, 3.8) is 0 Å². The van der Waals surface area contributed by atoms with E-state index in [2.05, 4.69) is 51.9 Å². The van der Waals surface area contributed by atoms with Crippen LogP contribution in [0.1, 0.15) is 53.9 Å². The Kier molecular flexibility index (Phi) is 9.67. The Morgan fingerprint density at radius 1 is 1.11 bits per heavy atom. The first-order valence-electron chi connectivity index (χ1n) is 7.98. The minimum atomic E-state index is 0.255. The minimum absolute atomic E-state index is 0.255. The number of ether oxygens (including phenoxy) is 1. The van der Waals surface area contributed by atoms with Gasteiger partial charge in [0.15, 0.2) is 0 Å². The molecule has 0 aromatic heterocycles. The molecule has 2 unspecified atom stereocenters. The number of nitrogens with zero attached hydrogens (tertiary/aromatic N) is 1. The van der Waals surface area contributed by atoms with Crippen molar-refractivity contribution >= 4 is 0 Å². The Morgan fingerprint density at radius 2 is 1.63 bits per heavy atom. The fourth-order valence-electron chi connectivity index (χ4n) is 3.74. The summed E-state index contributed by atoms with van der Waals surface area (Å²) in [6.45, 7) is 14.6. The third-order valence-corrected chi connectivity index (χ3v) is 4.85. The molecule has 0 amide bonds. The third-order valence-electron chi connectivity index (χ3n) is 4.85. The zero-order chi connectivity index (χ0) is 14.9. The second-order valence-corrected chi connectivity index (χ2v) is 5.51. The van der Waals surface area contributed by atoms with E-state index < -0.39 is 0 Å². The summed E-state index contributed by atoms with van der Waals surface area (Å²) in [7, 11) is 3.90. The van der Waals surface area contributed by atoms with Crippen LogP contribution in [-0.2, 0) is 4.74 Å². The second-order valence-electron chi connectivity index (χ2n) is 5.51. The van der Waals surface area contributed by atoms with Crippen LogP contribution in [0.3, 0.4) is 0 Å². The molecular formula is C16H36N2O. The summed E-state index contributed by atoms with van der Waals surface area (Å²) in [6, 6.07) is 0.512. The van der Waals surface area contributed by atoms with Gasteiger partial charge in [-0.05, 0) is 45.3 Å². The Labute approximate surface area is 121 Å². The predicted octanol–water partition coefficient (Wildman–Crippen LogP) is 3.15. The Morgan fingerprint density at radius 3 is 1.95 bits per heavy atom. The first kappa shape index (κ1) is 18.9. The van der Waals surface area contributed by atoms with Gasteiger partial charge in [-0.3, -0.25) is 4.90 Å². The fourth-order valence-corrected chi connectivity index (χ4v) is 3.74. The van der Waals surface area contributed by atoms with Gasteiger partial charge in [0.05, 0.1) is 0 Å². The first-order chi connectivity index (χ1) is 9.07. The molecule has 19 heavy (non-hydrogen) atoms. The average molecular weight is 272 g/mol. The number of hydrogen-bond donors (Lipinski definition) is 1. The molecule has 0 heterocycles. The van der Waals surface area contributed by atoms with Crippen molar-refractivity contribution in [2.75, 3.05) is 33.9 Å². The van der Waals surface area contributed by atoms with Crippen molar-refractivity contribution in [1.29, 1.82) is 0 Å². The first-order valence-corrected chi connectivity index (χ1v) is 7.98. The molecule has 0 rings (SSSR count). The average Bonchev–Trinajstić information content (AvgIpc) is 2.44. The summed E-state index contributed by atoms with van der Waals surface area (Å²) in [5.74, 6) is 0.616. The second kappa shape index (κ2) is 9.73. The van der Waals surface area contributed by atoms with E-state index in [1.54, 1.807) is 7.11 Å². The highest BCUT2D eigenvalue weighted by atomic mass is 16.5. The van der Waals surface area contributed by atoms with Gasteiger partial charge in [0.2, 0.25) is 0 Å². The maximum absolute atomic E-state index is 5.26. The smallest absolute Gasteiger partial charge is 0.0465 e. The zero-order valence-electron chi connectivity index (χ0n) is 14.3. The number of methoxy groups -OCH3 is 1. The molecule has 0 saturated carbocycles. The Bertz CT molecular complexity index is 213.